The molecule has 0 saturated heterocycles. The lowest BCUT2D eigenvalue weighted by Gasteiger charge is -2.54. The number of hydrogen-bond donors (Lipinski definition) is 1. The van der Waals surface area contributed by atoms with Crippen LogP contribution in [0.5, 0.6) is 0 Å². The van der Waals surface area contributed by atoms with E-state index in [1.807, 2.05) is 0 Å². The van der Waals surface area contributed by atoms with Crippen molar-refractivity contribution in [3.05, 3.63) is 21.3 Å². The van der Waals surface area contributed by atoms with Crippen LogP contribution in [0.25, 0.3) is 0 Å². The fraction of sp³-hybridized carbons (Fsp3) is 0.750. The largest absolute Gasteiger partial charge is 0.408 e. The third-order valence-corrected chi connectivity index (χ3v) is 6.26. The van der Waals surface area contributed by atoms with E-state index in [0.29, 0.717) is 24.4 Å². The average Bonchev–Trinajstić information content (AvgIpc) is 2.89. The Kier molecular flexibility index (Phi) is 3.98. The van der Waals surface area contributed by atoms with Crippen LogP contribution in [0.15, 0.2) is 6.20 Å². The summed E-state index contributed by atoms with van der Waals surface area (Å²) >= 11 is 5.77. The molecule has 1 aromatic heterocycles. The number of aromatic nitrogens is 2. The van der Waals surface area contributed by atoms with E-state index in [-0.39, 0.29) is 23.2 Å². The number of nitrogens with one attached hydrogen (secondary N) is 1. The standard InChI is InChI=1S/C16H21ClN4O3/c17-13-8-20(19-16(13)21(23)24)2-1-14(22)18-15-11-4-9-3-10(6-11)7-12(15)5-9/h8-12,15H,1-7H2,(H,18,22). The summed E-state index contributed by atoms with van der Waals surface area (Å²) in [4.78, 5) is 22.4. The van der Waals surface area contributed by atoms with Gasteiger partial charge in [0.25, 0.3) is 0 Å². The molecule has 24 heavy (non-hydrogen) atoms. The average molecular weight is 353 g/mol. The Morgan fingerprint density at radius 1 is 1.29 bits per heavy atom. The molecule has 0 aliphatic heterocycles. The summed E-state index contributed by atoms with van der Waals surface area (Å²) in [5.74, 6) is 2.69. The van der Waals surface area contributed by atoms with E-state index in [9.17, 15) is 14.9 Å². The highest BCUT2D eigenvalue weighted by molar-refractivity contribution is 6.32. The predicted molar refractivity (Wildman–Crippen MR) is 87.5 cm³/mol. The van der Waals surface area contributed by atoms with Crippen LogP contribution in [0.2, 0.25) is 5.02 Å². The summed E-state index contributed by atoms with van der Waals surface area (Å²) in [6, 6.07) is 0.320. The summed E-state index contributed by atoms with van der Waals surface area (Å²) in [7, 11) is 0. The van der Waals surface area contributed by atoms with E-state index >= 15 is 0 Å². The molecule has 1 N–H and O–H groups in total. The van der Waals surface area contributed by atoms with Gasteiger partial charge in [0.2, 0.25) is 5.91 Å². The molecule has 7 nitrogen and oxygen atoms in total. The van der Waals surface area contributed by atoms with Crippen LogP contribution in [0.3, 0.4) is 0 Å². The molecule has 4 fully saturated rings. The van der Waals surface area contributed by atoms with Gasteiger partial charge in [-0.1, -0.05) is 11.6 Å². The van der Waals surface area contributed by atoms with Crippen LogP contribution in [-0.4, -0.2) is 26.7 Å². The number of rotatable bonds is 5. The maximum absolute atomic E-state index is 12.3. The van der Waals surface area contributed by atoms with Crippen LogP contribution in [0.1, 0.15) is 38.5 Å². The van der Waals surface area contributed by atoms with Crippen molar-refractivity contribution in [3.8, 4) is 0 Å². The minimum absolute atomic E-state index is 0.00134. The Morgan fingerprint density at radius 2 is 1.92 bits per heavy atom. The molecule has 8 heteroatoms. The van der Waals surface area contributed by atoms with Crippen LogP contribution in [0.4, 0.5) is 5.82 Å². The third-order valence-electron chi connectivity index (χ3n) is 5.99. The molecule has 130 valence electrons. The topological polar surface area (TPSA) is 90.1 Å². The minimum Gasteiger partial charge on any atom is -0.358 e. The van der Waals surface area contributed by atoms with E-state index in [4.69, 9.17) is 11.6 Å². The van der Waals surface area contributed by atoms with Crippen molar-refractivity contribution >= 4 is 23.3 Å². The van der Waals surface area contributed by atoms with Crippen molar-refractivity contribution < 1.29 is 9.72 Å². The van der Waals surface area contributed by atoms with Gasteiger partial charge >= 0.3 is 5.82 Å². The van der Waals surface area contributed by atoms with Crippen LogP contribution in [-0.2, 0) is 11.3 Å². The lowest BCUT2D eigenvalue weighted by Crippen LogP contribution is -2.55. The Labute approximate surface area is 144 Å². The first-order chi connectivity index (χ1) is 11.5. The molecule has 0 spiro atoms. The van der Waals surface area contributed by atoms with E-state index in [0.717, 1.165) is 11.8 Å². The maximum Gasteiger partial charge on any atom is 0.408 e. The number of nitrogens with zero attached hydrogens (tertiary/aromatic N) is 3. The third kappa shape index (κ3) is 2.90. The summed E-state index contributed by atoms with van der Waals surface area (Å²) in [6.45, 7) is 0.298. The normalized spacial score (nSPS) is 33.6. The Hall–Kier alpha value is -1.63. The molecule has 4 aliphatic carbocycles. The van der Waals surface area contributed by atoms with Crippen molar-refractivity contribution in [2.75, 3.05) is 0 Å². The highest BCUT2D eigenvalue weighted by Gasteiger charge is 2.48. The molecular weight excluding hydrogens is 332 g/mol. The molecule has 1 amide bonds. The number of aryl methyl sites for hydroxylation is 1. The quantitative estimate of drug-likeness (QED) is 0.651. The van der Waals surface area contributed by atoms with Gasteiger partial charge in [0.15, 0.2) is 5.02 Å². The molecule has 5 rings (SSSR count). The van der Waals surface area contributed by atoms with Gasteiger partial charge in [-0.3, -0.25) is 4.79 Å². The minimum atomic E-state index is -0.618. The number of carbonyl (C=O) groups is 1. The Bertz CT molecular complexity index is 646. The molecular formula is C16H21ClN4O3. The zero-order chi connectivity index (χ0) is 16.8. The van der Waals surface area contributed by atoms with Crippen molar-refractivity contribution in [2.24, 2.45) is 23.7 Å². The highest BCUT2D eigenvalue weighted by atomic mass is 35.5. The molecule has 4 saturated carbocycles. The van der Waals surface area contributed by atoms with Gasteiger partial charge in [0, 0.05) is 12.5 Å². The van der Waals surface area contributed by atoms with Gasteiger partial charge in [-0.05, 0) is 60.7 Å². The van der Waals surface area contributed by atoms with Crippen molar-refractivity contribution in [1.29, 1.82) is 0 Å². The van der Waals surface area contributed by atoms with Gasteiger partial charge in [0.1, 0.15) is 0 Å². The first-order valence-corrected chi connectivity index (χ1v) is 9.04. The number of amides is 1. The van der Waals surface area contributed by atoms with E-state index in [2.05, 4.69) is 10.4 Å². The smallest absolute Gasteiger partial charge is 0.358 e. The van der Waals surface area contributed by atoms with Crippen LogP contribution >= 0.6 is 11.6 Å². The first-order valence-electron chi connectivity index (χ1n) is 8.66. The highest BCUT2D eigenvalue weighted by Crippen LogP contribution is 2.53. The van der Waals surface area contributed by atoms with Crippen molar-refractivity contribution in [2.45, 2.75) is 51.1 Å². The molecule has 4 aliphatic rings. The molecule has 1 aromatic rings. The summed E-state index contributed by atoms with van der Waals surface area (Å²) in [5.41, 5.74) is 0. The second kappa shape index (κ2) is 6.02. The monoisotopic (exact) mass is 352 g/mol. The number of halogens is 1. The summed E-state index contributed by atoms with van der Waals surface area (Å²) in [5, 5.41) is 17.8. The lowest BCUT2D eigenvalue weighted by atomic mass is 9.54. The zero-order valence-corrected chi connectivity index (χ0v) is 14.1. The van der Waals surface area contributed by atoms with Crippen LogP contribution < -0.4 is 5.32 Å². The first kappa shape index (κ1) is 15.9. The number of nitro groups is 1. The Balaban J connectivity index is 1.32. The van der Waals surface area contributed by atoms with E-state index < -0.39 is 4.92 Å². The molecule has 4 bridgehead atoms. The van der Waals surface area contributed by atoms with Gasteiger partial charge < -0.3 is 15.4 Å². The number of hydrogen-bond acceptors (Lipinski definition) is 4. The van der Waals surface area contributed by atoms with Gasteiger partial charge in [-0.15, -0.1) is 0 Å². The van der Waals surface area contributed by atoms with Gasteiger partial charge in [0.05, 0.1) is 17.8 Å². The lowest BCUT2D eigenvalue weighted by molar-refractivity contribution is -0.389. The fourth-order valence-corrected chi connectivity index (χ4v) is 5.48. The molecule has 0 aromatic carbocycles. The Morgan fingerprint density at radius 3 is 2.46 bits per heavy atom. The summed E-state index contributed by atoms with van der Waals surface area (Å²) in [6.07, 6.45) is 8.11. The summed E-state index contributed by atoms with van der Waals surface area (Å²) < 4.78 is 1.37. The molecule has 0 radical (unpaired) electrons. The fourth-order valence-electron chi connectivity index (χ4n) is 5.26. The second-order valence-electron chi connectivity index (χ2n) is 7.59. The zero-order valence-electron chi connectivity index (χ0n) is 13.4. The van der Waals surface area contributed by atoms with Crippen molar-refractivity contribution in [1.82, 2.24) is 15.1 Å². The number of carbonyl (C=O) groups excluding carboxylic acids is 1. The van der Waals surface area contributed by atoms with Gasteiger partial charge in [-0.2, -0.15) is 4.68 Å². The maximum atomic E-state index is 12.3. The van der Waals surface area contributed by atoms with E-state index in [1.165, 1.54) is 43.0 Å². The second-order valence-corrected chi connectivity index (χ2v) is 8.00. The SMILES string of the molecule is O=C(CCn1cc(Cl)c([N+](=O)[O-])n1)NC1C2CC3CC(C2)CC1C3. The van der Waals surface area contributed by atoms with Crippen LogP contribution in [0, 0.1) is 33.8 Å². The molecule has 0 unspecified atom stereocenters. The molecule has 1 heterocycles. The van der Waals surface area contributed by atoms with Gasteiger partial charge in [-0.25, -0.2) is 0 Å². The predicted octanol–water partition coefficient (Wildman–Crippen LogP) is 2.78. The van der Waals surface area contributed by atoms with Crippen molar-refractivity contribution in [3.63, 3.8) is 0 Å². The van der Waals surface area contributed by atoms with E-state index in [1.54, 1.807) is 0 Å². The molecule has 0 atom stereocenters.